The molecule has 4 nitrogen and oxygen atoms in total. The van der Waals surface area contributed by atoms with Crippen molar-refractivity contribution in [2.24, 2.45) is 0 Å². The lowest BCUT2D eigenvalue weighted by atomic mass is 10.2. The van der Waals surface area contributed by atoms with Crippen LogP contribution in [0.25, 0.3) is 16.6 Å². The second-order valence-electron chi connectivity index (χ2n) is 4.14. The van der Waals surface area contributed by atoms with Crippen molar-refractivity contribution in [1.82, 2.24) is 9.55 Å². The molecule has 0 aliphatic heterocycles. The van der Waals surface area contributed by atoms with E-state index in [1.165, 1.54) is 4.57 Å². The third kappa shape index (κ3) is 1.97. The van der Waals surface area contributed by atoms with Crippen LogP contribution >= 0.6 is 0 Å². The number of nitrogens with zero attached hydrogens (tertiary/aromatic N) is 2. The van der Waals surface area contributed by atoms with E-state index >= 15 is 0 Å². The summed E-state index contributed by atoms with van der Waals surface area (Å²) in [7, 11) is 1.58. The second-order valence-corrected chi connectivity index (χ2v) is 4.14. The molecule has 2 aromatic carbocycles. The molecule has 0 amide bonds. The summed E-state index contributed by atoms with van der Waals surface area (Å²) in [5.74, 6) is 0.650. The number of rotatable bonds is 2. The Kier molecular flexibility index (Phi) is 2.76. The van der Waals surface area contributed by atoms with Crippen LogP contribution in [0.3, 0.4) is 0 Å². The Morgan fingerprint density at radius 1 is 1.11 bits per heavy atom. The van der Waals surface area contributed by atoms with E-state index in [1.807, 2.05) is 30.3 Å². The first kappa shape index (κ1) is 11.5. The van der Waals surface area contributed by atoms with Gasteiger partial charge in [-0.05, 0) is 30.3 Å². The summed E-state index contributed by atoms with van der Waals surface area (Å²) in [6.07, 6.45) is 1.55. The lowest BCUT2D eigenvalue weighted by Crippen LogP contribution is -2.18. The van der Waals surface area contributed by atoms with E-state index in [1.54, 1.807) is 31.6 Å². The first-order chi connectivity index (χ1) is 9.29. The van der Waals surface area contributed by atoms with Gasteiger partial charge in [0.2, 0.25) is 0 Å². The summed E-state index contributed by atoms with van der Waals surface area (Å²) in [6.45, 7) is 0. The maximum Gasteiger partial charge on any atom is 0.265 e. The van der Waals surface area contributed by atoms with Crippen molar-refractivity contribution in [1.29, 1.82) is 0 Å². The van der Waals surface area contributed by atoms with Crippen LogP contribution in [0.15, 0.2) is 59.7 Å². The Morgan fingerprint density at radius 2 is 1.89 bits per heavy atom. The van der Waals surface area contributed by atoms with E-state index in [0.717, 1.165) is 5.69 Å². The minimum absolute atomic E-state index is 0.102. The smallest absolute Gasteiger partial charge is 0.265 e. The minimum Gasteiger partial charge on any atom is -0.497 e. The predicted molar refractivity (Wildman–Crippen MR) is 73.9 cm³/mol. The molecule has 4 heteroatoms. The van der Waals surface area contributed by atoms with Crippen LogP contribution < -0.4 is 10.3 Å². The highest BCUT2D eigenvalue weighted by Gasteiger charge is 2.06. The van der Waals surface area contributed by atoms with Crippen LogP contribution in [-0.4, -0.2) is 16.7 Å². The van der Waals surface area contributed by atoms with Gasteiger partial charge in [0, 0.05) is 0 Å². The van der Waals surface area contributed by atoms with Crippen molar-refractivity contribution in [3.8, 4) is 11.4 Å². The number of hydrogen-bond acceptors (Lipinski definition) is 3. The van der Waals surface area contributed by atoms with Crippen molar-refractivity contribution in [2.45, 2.75) is 0 Å². The van der Waals surface area contributed by atoms with Crippen LogP contribution in [-0.2, 0) is 0 Å². The Labute approximate surface area is 109 Å². The number of ether oxygens (including phenoxy) is 1. The Balaban J connectivity index is 2.29. The van der Waals surface area contributed by atoms with E-state index in [2.05, 4.69) is 4.98 Å². The maximum atomic E-state index is 12.5. The molecule has 0 saturated carbocycles. The number of methoxy groups -OCH3 is 1. The first-order valence-corrected chi connectivity index (χ1v) is 5.90. The van der Waals surface area contributed by atoms with Crippen LogP contribution in [0.4, 0.5) is 0 Å². The fraction of sp³-hybridized carbons (Fsp3) is 0.0667. The Hall–Kier alpha value is -2.62. The average Bonchev–Trinajstić information content (AvgIpc) is 2.48. The normalized spacial score (nSPS) is 10.6. The molecule has 3 rings (SSSR count). The highest BCUT2D eigenvalue weighted by molar-refractivity contribution is 5.79. The summed E-state index contributed by atoms with van der Waals surface area (Å²) in [5, 5.41) is 0.547. The third-order valence-corrected chi connectivity index (χ3v) is 3.00. The van der Waals surface area contributed by atoms with E-state index in [0.29, 0.717) is 16.7 Å². The molecule has 1 heterocycles. The van der Waals surface area contributed by atoms with Gasteiger partial charge in [-0.25, -0.2) is 4.98 Å². The largest absolute Gasteiger partial charge is 0.497 e. The Bertz CT molecular complexity index is 779. The van der Waals surface area contributed by atoms with Gasteiger partial charge in [-0.15, -0.1) is 0 Å². The van der Waals surface area contributed by atoms with Gasteiger partial charge in [-0.1, -0.05) is 18.2 Å². The second kappa shape index (κ2) is 4.57. The van der Waals surface area contributed by atoms with Crippen molar-refractivity contribution in [3.05, 3.63) is 65.2 Å². The maximum absolute atomic E-state index is 12.5. The van der Waals surface area contributed by atoms with E-state index in [9.17, 15) is 4.79 Å². The van der Waals surface area contributed by atoms with E-state index in [-0.39, 0.29) is 5.56 Å². The molecule has 3 aromatic rings. The minimum atomic E-state index is -0.102. The van der Waals surface area contributed by atoms with Gasteiger partial charge in [-0.3, -0.25) is 9.36 Å². The average molecular weight is 252 g/mol. The molecular weight excluding hydrogens is 240 g/mol. The van der Waals surface area contributed by atoms with Crippen LogP contribution in [0.5, 0.6) is 5.75 Å². The number of benzene rings is 2. The predicted octanol–water partition coefficient (Wildman–Crippen LogP) is 2.39. The molecular formula is C15H12N2O2. The number of aromatic nitrogens is 2. The quantitative estimate of drug-likeness (QED) is 0.703. The molecule has 0 N–H and O–H groups in total. The van der Waals surface area contributed by atoms with Gasteiger partial charge in [-0.2, -0.15) is 0 Å². The first-order valence-electron chi connectivity index (χ1n) is 5.90. The third-order valence-electron chi connectivity index (χ3n) is 3.00. The molecule has 19 heavy (non-hydrogen) atoms. The zero-order valence-electron chi connectivity index (χ0n) is 10.4. The van der Waals surface area contributed by atoms with Gasteiger partial charge in [0.05, 0.1) is 23.7 Å². The number of para-hydroxylation sites is 1. The molecule has 94 valence electrons. The summed E-state index contributed by atoms with van der Waals surface area (Å²) in [5.41, 5.74) is 1.36. The molecule has 0 unspecified atom stereocenters. The molecule has 0 aliphatic rings. The van der Waals surface area contributed by atoms with Crippen molar-refractivity contribution in [2.75, 3.05) is 7.11 Å². The van der Waals surface area contributed by atoms with Crippen LogP contribution in [0.2, 0.25) is 0 Å². The summed E-state index contributed by atoms with van der Waals surface area (Å²) >= 11 is 0. The number of fused-ring (bicyclic) bond motifs is 1. The molecule has 0 atom stereocenters. The zero-order chi connectivity index (χ0) is 13.2. The molecule has 0 saturated heterocycles. The highest BCUT2D eigenvalue weighted by Crippen LogP contribution is 2.16. The molecule has 0 aliphatic carbocycles. The molecule has 0 spiro atoms. The van der Waals surface area contributed by atoms with E-state index in [4.69, 9.17) is 4.74 Å². The molecule has 1 aromatic heterocycles. The fourth-order valence-corrected chi connectivity index (χ4v) is 2.00. The van der Waals surface area contributed by atoms with Gasteiger partial charge in [0.25, 0.3) is 5.56 Å². The SMILES string of the molecule is COc1ccc2ncn(-c3ccccc3)c(=O)c2c1. The van der Waals surface area contributed by atoms with Crippen LogP contribution in [0, 0.1) is 0 Å². The van der Waals surface area contributed by atoms with Gasteiger partial charge >= 0.3 is 0 Å². The lowest BCUT2D eigenvalue weighted by molar-refractivity contribution is 0.415. The fourth-order valence-electron chi connectivity index (χ4n) is 2.00. The van der Waals surface area contributed by atoms with Gasteiger partial charge < -0.3 is 4.74 Å². The van der Waals surface area contributed by atoms with Gasteiger partial charge in [0.15, 0.2) is 0 Å². The Morgan fingerprint density at radius 3 is 2.63 bits per heavy atom. The summed E-state index contributed by atoms with van der Waals surface area (Å²) in [6, 6.07) is 14.7. The van der Waals surface area contributed by atoms with E-state index < -0.39 is 0 Å². The van der Waals surface area contributed by atoms with Crippen molar-refractivity contribution < 1.29 is 4.74 Å². The van der Waals surface area contributed by atoms with Crippen LogP contribution in [0.1, 0.15) is 0 Å². The van der Waals surface area contributed by atoms with Gasteiger partial charge in [0.1, 0.15) is 12.1 Å². The highest BCUT2D eigenvalue weighted by atomic mass is 16.5. The lowest BCUT2D eigenvalue weighted by Gasteiger charge is -2.07. The zero-order valence-corrected chi connectivity index (χ0v) is 10.4. The topological polar surface area (TPSA) is 44.1 Å². The van der Waals surface area contributed by atoms with Crippen molar-refractivity contribution >= 4 is 10.9 Å². The summed E-state index contributed by atoms with van der Waals surface area (Å²) in [4.78, 5) is 16.8. The standard InChI is InChI=1S/C15H12N2O2/c1-19-12-7-8-14-13(9-12)15(18)17(10-16-14)11-5-3-2-4-6-11/h2-10H,1H3. The number of hydrogen-bond donors (Lipinski definition) is 0. The summed E-state index contributed by atoms with van der Waals surface area (Å²) < 4.78 is 6.68. The molecule has 0 fully saturated rings. The monoisotopic (exact) mass is 252 g/mol. The molecule has 0 bridgehead atoms. The van der Waals surface area contributed by atoms with Crippen molar-refractivity contribution in [3.63, 3.8) is 0 Å². The molecule has 0 radical (unpaired) electrons.